The van der Waals surface area contributed by atoms with Crippen LogP contribution in [-0.2, 0) is 11.3 Å². The van der Waals surface area contributed by atoms with Gasteiger partial charge in [-0.2, -0.15) is 0 Å². The first-order chi connectivity index (χ1) is 15.7. The predicted octanol–water partition coefficient (Wildman–Crippen LogP) is 4.54. The molecule has 0 aliphatic carbocycles. The lowest BCUT2D eigenvalue weighted by molar-refractivity contribution is 0.0452. The highest BCUT2D eigenvalue weighted by Crippen LogP contribution is 2.21. The van der Waals surface area contributed by atoms with E-state index in [0.717, 1.165) is 22.3 Å². The fourth-order valence-corrected chi connectivity index (χ4v) is 3.38. The van der Waals surface area contributed by atoms with E-state index in [-0.39, 0.29) is 12.4 Å². The van der Waals surface area contributed by atoms with Crippen molar-refractivity contribution < 1.29 is 9.53 Å². The van der Waals surface area contributed by atoms with Gasteiger partial charge >= 0.3 is 5.97 Å². The van der Waals surface area contributed by atoms with Gasteiger partial charge in [-0.25, -0.2) is 24.4 Å². The Labute approximate surface area is 184 Å². The fourth-order valence-electron chi connectivity index (χ4n) is 3.38. The third-order valence-corrected chi connectivity index (χ3v) is 5.01. The highest BCUT2D eigenvalue weighted by Gasteiger charge is 2.20. The molecule has 0 aliphatic heterocycles. The summed E-state index contributed by atoms with van der Waals surface area (Å²) < 4.78 is 7.15. The summed E-state index contributed by atoms with van der Waals surface area (Å²) >= 11 is 0. The van der Waals surface area contributed by atoms with Crippen LogP contribution in [0.25, 0.3) is 28.1 Å². The Morgan fingerprint density at radius 2 is 1.44 bits per heavy atom. The van der Waals surface area contributed by atoms with Gasteiger partial charge in [-0.15, -0.1) is 5.10 Å². The van der Waals surface area contributed by atoms with Gasteiger partial charge in [0.25, 0.3) is 5.82 Å². The average molecular weight is 421 g/mol. The minimum atomic E-state index is -0.619. The van der Waals surface area contributed by atoms with Crippen LogP contribution in [0.1, 0.15) is 22.0 Å². The summed E-state index contributed by atoms with van der Waals surface area (Å²) in [6.45, 7) is 1.83. The van der Waals surface area contributed by atoms with E-state index in [4.69, 9.17) is 4.74 Å². The van der Waals surface area contributed by atoms with Crippen LogP contribution < -0.4 is 0 Å². The van der Waals surface area contributed by atoms with Gasteiger partial charge in [0.2, 0.25) is 0 Å². The topological polar surface area (TPSA) is 82.8 Å². The molecule has 0 saturated carbocycles. The first kappa shape index (κ1) is 19.6. The normalized spacial score (nSPS) is 10.9. The van der Waals surface area contributed by atoms with E-state index >= 15 is 0 Å². The molecule has 0 radical (unpaired) electrons. The number of aromatic nitrogens is 5. The smallest absolute Gasteiger partial charge is 0.378 e. The first-order valence-corrected chi connectivity index (χ1v) is 10.2. The molecule has 5 aromatic rings. The molecule has 2 aromatic heterocycles. The Kier molecular flexibility index (Phi) is 5.13. The monoisotopic (exact) mass is 421 g/mol. The number of carbonyl (C=O) groups excluding carboxylic acids is 1. The van der Waals surface area contributed by atoms with E-state index in [0.29, 0.717) is 17.2 Å². The zero-order chi connectivity index (χ0) is 21.9. The molecule has 5 rings (SSSR count). The second kappa shape index (κ2) is 8.39. The molecule has 3 aromatic carbocycles. The molecule has 0 N–H and O–H groups in total. The van der Waals surface area contributed by atoms with Crippen molar-refractivity contribution in [2.45, 2.75) is 13.5 Å². The van der Waals surface area contributed by atoms with Crippen molar-refractivity contribution in [1.29, 1.82) is 0 Å². The number of carbonyl (C=O) groups is 1. The number of aryl methyl sites for hydroxylation is 1. The largest absolute Gasteiger partial charge is 0.453 e. The number of nitrogens with zero attached hydrogens (tertiary/aromatic N) is 5. The zero-order valence-electron chi connectivity index (χ0n) is 17.3. The maximum absolute atomic E-state index is 12.8. The average Bonchev–Trinajstić information content (AvgIpc) is 3.29. The van der Waals surface area contributed by atoms with Gasteiger partial charge in [0.05, 0.1) is 28.1 Å². The van der Waals surface area contributed by atoms with E-state index in [1.165, 1.54) is 0 Å². The molecule has 0 saturated heterocycles. The van der Waals surface area contributed by atoms with Crippen molar-refractivity contribution >= 4 is 17.0 Å². The molecule has 0 amide bonds. The second-order valence-electron chi connectivity index (χ2n) is 7.19. The molecule has 0 atom stereocenters. The molecule has 7 nitrogen and oxygen atoms in total. The van der Waals surface area contributed by atoms with Gasteiger partial charge in [-0.1, -0.05) is 60.7 Å². The van der Waals surface area contributed by atoms with Crippen LogP contribution in [0.3, 0.4) is 0 Å². The van der Waals surface area contributed by atoms with Crippen molar-refractivity contribution in [3.8, 4) is 17.1 Å². The summed E-state index contributed by atoms with van der Waals surface area (Å²) in [7, 11) is 0. The number of esters is 1. The highest BCUT2D eigenvalue weighted by molar-refractivity contribution is 5.86. The van der Waals surface area contributed by atoms with E-state index in [9.17, 15) is 4.79 Å². The Morgan fingerprint density at radius 1 is 0.812 bits per heavy atom. The van der Waals surface area contributed by atoms with Crippen molar-refractivity contribution in [2.24, 2.45) is 0 Å². The van der Waals surface area contributed by atoms with Gasteiger partial charge in [0.1, 0.15) is 6.61 Å². The van der Waals surface area contributed by atoms with Crippen LogP contribution in [-0.4, -0.2) is 30.7 Å². The van der Waals surface area contributed by atoms with Crippen LogP contribution >= 0.6 is 0 Å². The minimum Gasteiger partial charge on any atom is -0.453 e. The van der Waals surface area contributed by atoms with Crippen LogP contribution in [0.4, 0.5) is 0 Å². The number of para-hydroxylation sites is 3. The minimum absolute atomic E-state index is 0.0109. The zero-order valence-corrected chi connectivity index (χ0v) is 17.3. The van der Waals surface area contributed by atoms with E-state index in [1.54, 1.807) is 4.68 Å². The lowest BCUT2D eigenvalue weighted by Crippen LogP contribution is -2.10. The van der Waals surface area contributed by atoms with Crippen molar-refractivity contribution in [3.05, 3.63) is 102 Å². The molecule has 7 heteroatoms. The quantitative estimate of drug-likeness (QED) is 0.388. The van der Waals surface area contributed by atoms with Gasteiger partial charge in [0.15, 0.2) is 5.82 Å². The number of ether oxygens (including phenoxy) is 1. The van der Waals surface area contributed by atoms with Gasteiger partial charge < -0.3 is 4.74 Å². The maximum Gasteiger partial charge on any atom is 0.378 e. The van der Waals surface area contributed by atoms with Crippen LogP contribution in [0.2, 0.25) is 0 Å². The number of hydrogen-bond acceptors (Lipinski definition) is 6. The summed E-state index contributed by atoms with van der Waals surface area (Å²) in [5.74, 6) is -0.0734. The molecule has 32 heavy (non-hydrogen) atoms. The number of rotatable bonds is 5. The summed E-state index contributed by atoms with van der Waals surface area (Å²) in [6.07, 6.45) is 0. The predicted molar refractivity (Wildman–Crippen MR) is 120 cm³/mol. The first-order valence-electron chi connectivity index (χ1n) is 10.2. The van der Waals surface area contributed by atoms with E-state index in [1.807, 2.05) is 91.9 Å². The van der Waals surface area contributed by atoms with E-state index < -0.39 is 5.97 Å². The number of hydrogen-bond donors (Lipinski definition) is 0. The summed E-state index contributed by atoms with van der Waals surface area (Å²) in [4.78, 5) is 26.4. The summed E-state index contributed by atoms with van der Waals surface area (Å²) in [5, 5.41) is 4.44. The highest BCUT2D eigenvalue weighted by atomic mass is 16.5. The van der Waals surface area contributed by atoms with Crippen LogP contribution in [0.5, 0.6) is 0 Å². The van der Waals surface area contributed by atoms with E-state index in [2.05, 4.69) is 20.1 Å². The lowest BCUT2D eigenvalue weighted by atomic mass is 10.2. The van der Waals surface area contributed by atoms with Gasteiger partial charge in [0, 0.05) is 5.56 Å². The Morgan fingerprint density at radius 3 is 2.16 bits per heavy atom. The second-order valence-corrected chi connectivity index (χ2v) is 7.19. The molecule has 0 fully saturated rings. The molecular formula is C25H19N5O2. The summed E-state index contributed by atoms with van der Waals surface area (Å²) in [5.41, 5.74) is 4.51. The lowest BCUT2D eigenvalue weighted by Gasteiger charge is -2.06. The van der Waals surface area contributed by atoms with Crippen molar-refractivity contribution in [2.75, 3.05) is 0 Å². The molecular weight excluding hydrogens is 402 g/mol. The molecule has 156 valence electrons. The third-order valence-electron chi connectivity index (χ3n) is 5.01. The van der Waals surface area contributed by atoms with Crippen LogP contribution in [0, 0.1) is 6.92 Å². The molecule has 0 spiro atoms. The molecule has 0 unspecified atom stereocenters. The standard InChI is InChI=1S/C25H19N5O2/c1-17-22(27-21-15-9-8-14-20(21)26-17)16-32-25(31)23-28-24(18-10-4-2-5-11-18)30(29-23)19-12-6-3-7-13-19/h2-15H,16H2,1H3. The molecule has 2 heterocycles. The summed E-state index contributed by atoms with van der Waals surface area (Å²) in [6, 6.07) is 26.7. The van der Waals surface area contributed by atoms with Gasteiger partial charge in [-0.3, -0.25) is 0 Å². The van der Waals surface area contributed by atoms with Crippen LogP contribution in [0.15, 0.2) is 84.9 Å². The molecule has 0 bridgehead atoms. The van der Waals surface area contributed by atoms with Gasteiger partial charge in [-0.05, 0) is 31.2 Å². The molecule has 0 aliphatic rings. The maximum atomic E-state index is 12.8. The Bertz CT molecular complexity index is 1340. The number of benzene rings is 3. The number of fused-ring (bicyclic) bond motifs is 1. The third kappa shape index (κ3) is 3.83. The SMILES string of the molecule is Cc1nc2ccccc2nc1COC(=O)c1nc(-c2ccccc2)n(-c2ccccc2)n1. The van der Waals surface area contributed by atoms with Crippen molar-refractivity contribution in [3.63, 3.8) is 0 Å². The Balaban J connectivity index is 1.44. The fraction of sp³-hybridized carbons (Fsp3) is 0.0800. The Hall–Kier alpha value is -4.39. The van der Waals surface area contributed by atoms with Crippen molar-refractivity contribution in [1.82, 2.24) is 24.7 Å².